The number of carbonyl (C=O) groups is 3. The van der Waals surface area contributed by atoms with Crippen LogP contribution in [0.2, 0.25) is 0 Å². The highest BCUT2D eigenvalue weighted by atomic mass is 32.2. The van der Waals surface area contributed by atoms with E-state index in [2.05, 4.69) is 10.3 Å². The van der Waals surface area contributed by atoms with Crippen LogP contribution < -0.4 is 5.32 Å². The van der Waals surface area contributed by atoms with Crippen LogP contribution in [0.15, 0.2) is 47.5 Å². The Morgan fingerprint density at radius 2 is 1.77 bits per heavy atom. The highest BCUT2D eigenvalue weighted by Gasteiger charge is 2.31. The van der Waals surface area contributed by atoms with Gasteiger partial charge in [0, 0.05) is 22.4 Å². The zero-order chi connectivity index (χ0) is 18.1. The first-order valence-corrected chi connectivity index (χ1v) is 10.0. The van der Waals surface area contributed by atoms with Crippen molar-refractivity contribution in [2.45, 2.75) is 0 Å². The molecule has 0 fully saturated rings. The highest BCUT2D eigenvalue weighted by molar-refractivity contribution is 8.39. The van der Waals surface area contributed by atoms with Gasteiger partial charge in [-0.05, 0) is 6.07 Å². The molecule has 2 aliphatic rings. The van der Waals surface area contributed by atoms with Crippen molar-refractivity contribution in [3.63, 3.8) is 0 Å². The first-order valence-electron chi connectivity index (χ1n) is 8.06. The summed E-state index contributed by atoms with van der Waals surface area (Å²) in [5.74, 6) is 0.505. The zero-order valence-corrected chi connectivity index (χ0v) is 15.3. The molecule has 2 aromatic carbocycles. The molecule has 5 nitrogen and oxygen atoms in total. The number of hydrogen-bond acceptors (Lipinski definition) is 6. The Kier molecular flexibility index (Phi) is 4.65. The van der Waals surface area contributed by atoms with Crippen LogP contribution in [-0.2, 0) is 4.79 Å². The second-order valence-electron chi connectivity index (χ2n) is 5.76. The number of hydrogen-bond donors (Lipinski definition) is 1. The summed E-state index contributed by atoms with van der Waals surface area (Å²) >= 11 is 3.03. The summed E-state index contributed by atoms with van der Waals surface area (Å²) in [6.45, 7) is 0.789. The molecule has 0 aromatic heterocycles. The molecule has 130 valence electrons. The molecule has 0 bridgehead atoms. The summed E-state index contributed by atoms with van der Waals surface area (Å²) in [5, 5.41) is 2.78. The van der Waals surface area contributed by atoms with E-state index in [-0.39, 0.29) is 28.8 Å². The van der Waals surface area contributed by atoms with Crippen molar-refractivity contribution in [2.75, 3.05) is 23.4 Å². The van der Waals surface area contributed by atoms with E-state index in [1.54, 1.807) is 54.2 Å². The highest BCUT2D eigenvalue weighted by Crippen LogP contribution is 2.32. The number of fused-ring (bicyclic) bond motifs is 2. The molecule has 0 unspecified atom stereocenters. The molecule has 0 spiro atoms. The Morgan fingerprint density at radius 3 is 2.50 bits per heavy atom. The summed E-state index contributed by atoms with van der Waals surface area (Å²) in [4.78, 5) is 42.2. The maximum Gasteiger partial charge on any atom is 0.234 e. The second-order valence-corrected chi connectivity index (χ2v) is 8.07. The molecule has 1 aliphatic carbocycles. The third-order valence-electron chi connectivity index (χ3n) is 4.11. The van der Waals surface area contributed by atoms with E-state index in [1.807, 2.05) is 0 Å². The van der Waals surface area contributed by atoms with Gasteiger partial charge in [0.15, 0.2) is 11.6 Å². The summed E-state index contributed by atoms with van der Waals surface area (Å²) in [6, 6.07) is 11.7. The molecular weight excluding hydrogens is 368 g/mol. The first kappa shape index (κ1) is 17.1. The predicted molar refractivity (Wildman–Crippen MR) is 106 cm³/mol. The van der Waals surface area contributed by atoms with Crippen LogP contribution in [0.1, 0.15) is 31.8 Å². The zero-order valence-electron chi connectivity index (χ0n) is 13.7. The van der Waals surface area contributed by atoms with Crippen molar-refractivity contribution in [3.8, 4) is 0 Å². The number of anilines is 1. The molecular formula is C19H14N2O3S2. The van der Waals surface area contributed by atoms with Crippen molar-refractivity contribution in [3.05, 3.63) is 64.7 Å². The molecule has 0 saturated heterocycles. The van der Waals surface area contributed by atoms with Crippen molar-refractivity contribution < 1.29 is 14.4 Å². The van der Waals surface area contributed by atoms with Gasteiger partial charge < -0.3 is 5.32 Å². The summed E-state index contributed by atoms with van der Waals surface area (Å²) in [5.41, 5.74) is 1.75. The van der Waals surface area contributed by atoms with E-state index in [9.17, 15) is 14.4 Å². The molecule has 4 rings (SSSR count). The van der Waals surface area contributed by atoms with Crippen LogP contribution in [0.3, 0.4) is 0 Å². The number of carbonyl (C=O) groups excluding carboxylic acids is 3. The maximum atomic E-state index is 12.9. The van der Waals surface area contributed by atoms with Crippen LogP contribution in [0.25, 0.3) is 0 Å². The standard InChI is InChI=1S/C19H14N2O3S2/c22-15(10-26-19-20-8-9-25-19)21-14-7-3-6-13-16(14)18(24)12-5-2-1-4-11(12)17(13)23/h1-7H,8-10H2,(H,21,22). The fourth-order valence-corrected chi connectivity index (χ4v) is 4.77. The monoisotopic (exact) mass is 382 g/mol. The number of aliphatic imine (C=N–C) groups is 1. The van der Waals surface area contributed by atoms with Gasteiger partial charge in [0.2, 0.25) is 5.91 Å². The minimum Gasteiger partial charge on any atom is -0.325 e. The van der Waals surface area contributed by atoms with E-state index >= 15 is 0 Å². The predicted octanol–water partition coefficient (Wildman–Crippen LogP) is 3.24. The van der Waals surface area contributed by atoms with Crippen LogP contribution in [0.5, 0.6) is 0 Å². The van der Waals surface area contributed by atoms with Crippen LogP contribution in [0.4, 0.5) is 5.69 Å². The van der Waals surface area contributed by atoms with Crippen molar-refractivity contribution >= 4 is 51.1 Å². The lowest BCUT2D eigenvalue weighted by Gasteiger charge is -2.20. The lowest BCUT2D eigenvalue weighted by molar-refractivity contribution is -0.113. The lowest BCUT2D eigenvalue weighted by Crippen LogP contribution is -2.24. The number of rotatable bonds is 3. The van der Waals surface area contributed by atoms with Gasteiger partial charge in [-0.25, -0.2) is 0 Å². The quantitative estimate of drug-likeness (QED) is 0.753. The SMILES string of the molecule is O=C(CSC1=NCCS1)Nc1cccc2c1C(=O)c1ccccc1C2=O. The van der Waals surface area contributed by atoms with Gasteiger partial charge in [-0.3, -0.25) is 19.4 Å². The molecule has 2 aromatic rings. The number of thioether (sulfide) groups is 2. The van der Waals surface area contributed by atoms with Crippen LogP contribution in [-0.4, -0.2) is 39.9 Å². The number of nitrogens with zero attached hydrogens (tertiary/aromatic N) is 1. The van der Waals surface area contributed by atoms with Crippen molar-refractivity contribution in [1.82, 2.24) is 0 Å². The number of nitrogens with one attached hydrogen (secondary N) is 1. The van der Waals surface area contributed by atoms with Gasteiger partial charge in [0.1, 0.15) is 4.38 Å². The van der Waals surface area contributed by atoms with Crippen LogP contribution in [0, 0.1) is 0 Å². The number of ketones is 2. The molecule has 0 radical (unpaired) electrons. The average molecular weight is 382 g/mol. The van der Waals surface area contributed by atoms with Gasteiger partial charge in [-0.1, -0.05) is 59.9 Å². The molecule has 7 heteroatoms. The third-order valence-corrected chi connectivity index (χ3v) is 6.36. The topological polar surface area (TPSA) is 75.6 Å². The van der Waals surface area contributed by atoms with E-state index in [4.69, 9.17) is 0 Å². The van der Waals surface area contributed by atoms with Gasteiger partial charge in [-0.2, -0.15) is 0 Å². The van der Waals surface area contributed by atoms with Gasteiger partial charge in [-0.15, -0.1) is 0 Å². The Bertz CT molecular complexity index is 969. The van der Waals surface area contributed by atoms with Gasteiger partial charge in [0.25, 0.3) is 0 Å². The molecule has 1 aliphatic heterocycles. The van der Waals surface area contributed by atoms with E-state index in [1.165, 1.54) is 11.8 Å². The minimum absolute atomic E-state index is 0.197. The van der Waals surface area contributed by atoms with E-state index in [0.29, 0.717) is 22.4 Å². The second kappa shape index (κ2) is 7.09. The van der Waals surface area contributed by atoms with Crippen molar-refractivity contribution in [2.24, 2.45) is 4.99 Å². The summed E-state index contributed by atoms with van der Waals surface area (Å²) in [6.07, 6.45) is 0. The largest absolute Gasteiger partial charge is 0.325 e. The minimum atomic E-state index is -0.241. The lowest BCUT2D eigenvalue weighted by atomic mass is 9.83. The van der Waals surface area contributed by atoms with Crippen LogP contribution >= 0.6 is 23.5 Å². The van der Waals surface area contributed by atoms with Crippen molar-refractivity contribution in [1.29, 1.82) is 0 Å². The Hall–Kier alpha value is -2.38. The first-order chi connectivity index (χ1) is 12.6. The summed E-state index contributed by atoms with van der Waals surface area (Å²) < 4.78 is 0.912. The molecule has 1 N–H and O–H groups in total. The third kappa shape index (κ3) is 3.08. The Balaban J connectivity index is 1.60. The average Bonchev–Trinajstić information content (AvgIpc) is 3.18. The summed E-state index contributed by atoms with van der Waals surface area (Å²) in [7, 11) is 0. The maximum absolute atomic E-state index is 12.9. The molecule has 0 saturated carbocycles. The van der Waals surface area contributed by atoms with E-state index in [0.717, 1.165) is 16.7 Å². The Labute approximate surface area is 158 Å². The number of benzene rings is 2. The van der Waals surface area contributed by atoms with Gasteiger partial charge in [0.05, 0.1) is 23.5 Å². The normalized spacial score (nSPS) is 15.3. The van der Waals surface area contributed by atoms with Gasteiger partial charge >= 0.3 is 0 Å². The molecule has 1 heterocycles. The Morgan fingerprint density at radius 1 is 1.04 bits per heavy atom. The number of amides is 1. The van der Waals surface area contributed by atoms with E-state index < -0.39 is 0 Å². The molecule has 0 atom stereocenters. The fourth-order valence-electron chi connectivity index (χ4n) is 2.97. The molecule has 26 heavy (non-hydrogen) atoms. The fraction of sp³-hybridized carbons (Fsp3) is 0.158. The molecule has 1 amide bonds. The smallest absolute Gasteiger partial charge is 0.234 e.